The molecule has 1 unspecified atom stereocenters. The number of nitrogens with zero attached hydrogens (tertiary/aromatic N) is 4. The van der Waals surface area contributed by atoms with Crippen molar-refractivity contribution in [1.29, 1.82) is 0 Å². The highest BCUT2D eigenvalue weighted by Gasteiger charge is 2.25. The molecule has 7 heteroatoms. The fourth-order valence-electron chi connectivity index (χ4n) is 3.80. The predicted octanol–water partition coefficient (Wildman–Crippen LogP) is 2.55. The van der Waals surface area contributed by atoms with Gasteiger partial charge in [-0.05, 0) is 32.4 Å². The van der Waals surface area contributed by atoms with Gasteiger partial charge in [0.2, 0.25) is 0 Å². The molecule has 1 aliphatic heterocycles. The molecule has 7 nitrogen and oxygen atoms in total. The van der Waals surface area contributed by atoms with Crippen LogP contribution in [0.3, 0.4) is 0 Å². The summed E-state index contributed by atoms with van der Waals surface area (Å²) in [5.74, 6) is 1.48. The molecule has 0 radical (unpaired) electrons. The molecule has 2 heterocycles. The Morgan fingerprint density at radius 2 is 2.03 bits per heavy atom. The number of aryl methyl sites for hydroxylation is 1. The molecule has 2 aromatic rings. The van der Waals surface area contributed by atoms with Gasteiger partial charge in [0.15, 0.2) is 5.96 Å². The summed E-state index contributed by atoms with van der Waals surface area (Å²) >= 11 is 0. The van der Waals surface area contributed by atoms with Gasteiger partial charge in [-0.1, -0.05) is 18.2 Å². The van der Waals surface area contributed by atoms with Crippen LogP contribution in [-0.4, -0.2) is 67.7 Å². The second-order valence-electron chi connectivity index (χ2n) is 7.47. The molecule has 0 aliphatic carbocycles. The third-order valence-corrected chi connectivity index (χ3v) is 5.45. The third kappa shape index (κ3) is 5.36. The van der Waals surface area contributed by atoms with Crippen molar-refractivity contribution >= 4 is 5.96 Å². The van der Waals surface area contributed by atoms with Crippen molar-refractivity contribution in [3.05, 3.63) is 47.3 Å². The van der Waals surface area contributed by atoms with Gasteiger partial charge < -0.3 is 19.7 Å². The van der Waals surface area contributed by atoms with Crippen LogP contribution in [0.4, 0.5) is 0 Å². The molecule has 29 heavy (non-hydrogen) atoms. The van der Waals surface area contributed by atoms with E-state index in [0.717, 1.165) is 49.2 Å². The number of ether oxygens (including phenoxy) is 2. The minimum absolute atomic E-state index is 0.537. The normalized spacial score (nSPS) is 17.2. The first-order valence-corrected chi connectivity index (χ1v) is 10.3. The van der Waals surface area contributed by atoms with Gasteiger partial charge in [-0.3, -0.25) is 4.99 Å². The lowest BCUT2D eigenvalue weighted by Gasteiger charge is -2.22. The number of hydrogen-bond donors (Lipinski definition) is 1. The molecule has 1 fully saturated rings. The number of aromatic nitrogens is 2. The predicted molar refractivity (Wildman–Crippen MR) is 116 cm³/mol. The largest absolute Gasteiger partial charge is 0.382 e. The van der Waals surface area contributed by atoms with Crippen LogP contribution in [0.15, 0.2) is 35.3 Å². The van der Waals surface area contributed by atoms with Gasteiger partial charge in [-0.15, -0.1) is 0 Å². The summed E-state index contributed by atoms with van der Waals surface area (Å²) in [5.41, 5.74) is 4.50. The fraction of sp³-hybridized carbons (Fsp3) is 0.545. The standard InChI is InChI=1S/C22H33N5O2/c1-17-21(18(2)27(25-17)20-8-6-5-7-9-20)14-24-22(23-3)26-11-10-19(15-26)16-29-13-12-28-4/h5-9,19H,10-16H2,1-4H3,(H,23,24). The van der Waals surface area contributed by atoms with Crippen molar-refractivity contribution in [3.63, 3.8) is 0 Å². The van der Waals surface area contributed by atoms with Crippen LogP contribution in [0.1, 0.15) is 23.4 Å². The van der Waals surface area contributed by atoms with E-state index in [1.54, 1.807) is 7.11 Å². The van der Waals surface area contributed by atoms with E-state index in [-0.39, 0.29) is 0 Å². The average molecular weight is 400 g/mol. The minimum atomic E-state index is 0.537. The summed E-state index contributed by atoms with van der Waals surface area (Å²) in [7, 11) is 3.54. The topological polar surface area (TPSA) is 63.9 Å². The highest BCUT2D eigenvalue weighted by molar-refractivity contribution is 5.80. The number of benzene rings is 1. The number of para-hydroxylation sites is 1. The van der Waals surface area contributed by atoms with Gasteiger partial charge in [-0.25, -0.2) is 4.68 Å². The maximum absolute atomic E-state index is 5.70. The first kappa shape index (κ1) is 21.3. The summed E-state index contributed by atoms with van der Waals surface area (Å²) in [6.45, 7) is 8.94. The van der Waals surface area contributed by atoms with Crippen LogP contribution >= 0.6 is 0 Å². The van der Waals surface area contributed by atoms with Gasteiger partial charge >= 0.3 is 0 Å². The molecule has 1 saturated heterocycles. The second kappa shape index (κ2) is 10.4. The number of likely N-dealkylation sites (tertiary alicyclic amines) is 1. The molecule has 1 aromatic carbocycles. The van der Waals surface area contributed by atoms with Crippen LogP contribution < -0.4 is 5.32 Å². The Morgan fingerprint density at radius 1 is 1.24 bits per heavy atom. The van der Waals surface area contributed by atoms with E-state index in [1.165, 1.54) is 5.56 Å². The Bertz CT molecular complexity index is 803. The molecule has 1 N–H and O–H groups in total. The van der Waals surface area contributed by atoms with Crippen LogP contribution in [-0.2, 0) is 16.0 Å². The zero-order valence-electron chi connectivity index (χ0n) is 18.0. The maximum atomic E-state index is 5.70. The molecule has 3 rings (SSSR count). The van der Waals surface area contributed by atoms with Crippen LogP contribution in [0.2, 0.25) is 0 Å². The zero-order chi connectivity index (χ0) is 20.6. The fourth-order valence-corrected chi connectivity index (χ4v) is 3.80. The van der Waals surface area contributed by atoms with E-state index < -0.39 is 0 Å². The lowest BCUT2D eigenvalue weighted by atomic mass is 10.1. The third-order valence-electron chi connectivity index (χ3n) is 5.45. The SMILES string of the molecule is CN=C(NCc1c(C)nn(-c2ccccc2)c1C)N1CCC(COCCOC)C1. The van der Waals surface area contributed by atoms with Crippen molar-refractivity contribution in [2.75, 3.05) is 47.1 Å². The summed E-state index contributed by atoms with van der Waals surface area (Å²) in [6, 6.07) is 10.2. The van der Waals surface area contributed by atoms with E-state index in [4.69, 9.17) is 14.6 Å². The maximum Gasteiger partial charge on any atom is 0.193 e. The van der Waals surface area contributed by atoms with Gasteiger partial charge in [-0.2, -0.15) is 5.10 Å². The van der Waals surface area contributed by atoms with E-state index in [0.29, 0.717) is 25.7 Å². The van der Waals surface area contributed by atoms with E-state index in [2.05, 4.69) is 41.2 Å². The number of rotatable bonds is 8. The number of hydrogen-bond acceptors (Lipinski definition) is 4. The van der Waals surface area contributed by atoms with Crippen LogP contribution in [0.5, 0.6) is 0 Å². The van der Waals surface area contributed by atoms with E-state index in [1.807, 2.05) is 29.9 Å². The Balaban J connectivity index is 1.57. The molecular formula is C22H33N5O2. The Morgan fingerprint density at radius 3 is 2.76 bits per heavy atom. The summed E-state index contributed by atoms with van der Waals surface area (Å²) in [6.07, 6.45) is 1.12. The van der Waals surface area contributed by atoms with Crippen molar-refractivity contribution in [2.45, 2.75) is 26.8 Å². The average Bonchev–Trinajstić information content (AvgIpc) is 3.32. The zero-order valence-corrected chi connectivity index (χ0v) is 18.0. The first-order chi connectivity index (χ1) is 14.1. The van der Waals surface area contributed by atoms with Crippen molar-refractivity contribution in [1.82, 2.24) is 20.0 Å². The van der Waals surface area contributed by atoms with Crippen LogP contribution in [0.25, 0.3) is 5.69 Å². The molecule has 158 valence electrons. The van der Waals surface area contributed by atoms with Gasteiger partial charge in [0.25, 0.3) is 0 Å². The molecule has 1 aromatic heterocycles. The van der Waals surface area contributed by atoms with Crippen molar-refractivity contribution < 1.29 is 9.47 Å². The van der Waals surface area contributed by atoms with Crippen molar-refractivity contribution in [3.8, 4) is 5.69 Å². The monoisotopic (exact) mass is 399 g/mol. The molecule has 0 spiro atoms. The van der Waals surface area contributed by atoms with Gasteiger partial charge in [0.1, 0.15) is 0 Å². The van der Waals surface area contributed by atoms with E-state index >= 15 is 0 Å². The lowest BCUT2D eigenvalue weighted by Crippen LogP contribution is -2.40. The Hall–Kier alpha value is -2.38. The molecule has 0 saturated carbocycles. The molecule has 0 amide bonds. The molecule has 1 aliphatic rings. The Kier molecular flexibility index (Phi) is 7.66. The first-order valence-electron chi connectivity index (χ1n) is 10.3. The van der Waals surface area contributed by atoms with Gasteiger partial charge in [0.05, 0.1) is 31.2 Å². The highest BCUT2D eigenvalue weighted by atomic mass is 16.5. The molecular weight excluding hydrogens is 366 g/mol. The summed E-state index contributed by atoms with van der Waals surface area (Å²) < 4.78 is 12.7. The quantitative estimate of drug-likeness (QED) is 0.420. The lowest BCUT2D eigenvalue weighted by molar-refractivity contribution is 0.0536. The van der Waals surface area contributed by atoms with E-state index in [9.17, 15) is 0 Å². The summed E-state index contributed by atoms with van der Waals surface area (Å²) in [4.78, 5) is 6.81. The Labute approximate surface area is 173 Å². The number of aliphatic imine (C=N–C) groups is 1. The summed E-state index contributed by atoms with van der Waals surface area (Å²) in [5, 5.41) is 8.27. The van der Waals surface area contributed by atoms with Gasteiger partial charge in [0, 0.05) is 51.0 Å². The number of methoxy groups -OCH3 is 1. The second-order valence-corrected chi connectivity index (χ2v) is 7.47. The van der Waals surface area contributed by atoms with Crippen molar-refractivity contribution in [2.24, 2.45) is 10.9 Å². The van der Waals surface area contributed by atoms with Crippen LogP contribution in [0, 0.1) is 19.8 Å². The smallest absolute Gasteiger partial charge is 0.193 e. The number of guanidine groups is 1. The highest BCUT2D eigenvalue weighted by Crippen LogP contribution is 2.19. The number of nitrogens with one attached hydrogen (secondary N) is 1. The molecule has 1 atom stereocenters. The minimum Gasteiger partial charge on any atom is -0.382 e. The molecule has 0 bridgehead atoms.